The van der Waals surface area contributed by atoms with Crippen LogP contribution in [0.1, 0.15) is 174 Å². The number of anilines is 1. The second-order valence-electron chi connectivity index (χ2n) is 15.6. The number of phosphoric ester groups is 1. The molecule has 19 heteroatoms. The number of phosphoric acid groups is 1. The molecule has 0 aromatic carbocycles. The zero-order valence-electron chi connectivity index (χ0n) is 36.2. The number of aromatic nitrogens is 4. The van der Waals surface area contributed by atoms with Crippen molar-refractivity contribution in [2.24, 2.45) is 0 Å². The second-order valence-corrected chi connectivity index (χ2v) is 17.4. The van der Waals surface area contributed by atoms with Gasteiger partial charge < -0.3 is 39.0 Å². The Labute approximate surface area is 383 Å². The maximum absolute atomic E-state index is 15.2. The summed E-state index contributed by atoms with van der Waals surface area (Å²) in [7, 11) is -5.13. The van der Waals surface area contributed by atoms with Crippen LogP contribution in [0.4, 0.5) is 10.2 Å². The second kappa shape index (κ2) is 31.4. The van der Waals surface area contributed by atoms with E-state index < -0.39 is 70.3 Å². The number of aliphatic hydroxyl groups excluding tert-OH is 1. The van der Waals surface area contributed by atoms with Gasteiger partial charge in [-0.05, 0) is 24.4 Å². The molecule has 3 heterocycles. The minimum atomic E-state index is -5.13. The fraction of sp³-hybridized carbons (Fsp3) is 0.829. The number of esters is 2. The molecule has 1 unspecified atom stereocenters. The van der Waals surface area contributed by atoms with E-state index in [2.05, 4.69) is 28.8 Å². The molecule has 60 heavy (non-hydrogen) atoms. The van der Waals surface area contributed by atoms with Gasteiger partial charge in [-0.3, -0.25) is 18.7 Å². The van der Waals surface area contributed by atoms with Crippen molar-refractivity contribution in [1.29, 1.82) is 0 Å². The maximum Gasteiger partial charge on any atom is 1.00 e. The van der Waals surface area contributed by atoms with Crippen LogP contribution >= 0.6 is 19.4 Å². The molecule has 1 aliphatic heterocycles. The number of nitrogen functional groups attached to an aromatic ring is 1. The van der Waals surface area contributed by atoms with E-state index in [9.17, 15) is 24.2 Å². The number of alkyl halides is 1. The molecule has 15 nitrogen and oxygen atoms in total. The van der Waals surface area contributed by atoms with Crippen LogP contribution in [0.25, 0.3) is 11.2 Å². The van der Waals surface area contributed by atoms with E-state index in [1.54, 1.807) is 0 Å². The van der Waals surface area contributed by atoms with Crippen LogP contribution in [0.5, 0.6) is 0 Å². The van der Waals surface area contributed by atoms with Gasteiger partial charge >= 0.3 is 41.5 Å². The van der Waals surface area contributed by atoms with Crippen molar-refractivity contribution in [3.8, 4) is 0 Å². The monoisotopic (exact) mass is 899 g/mol. The molecule has 1 fully saturated rings. The van der Waals surface area contributed by atoms with E-state index in [4.69, 9.17) is 40.6 Å². The van der Waals surface area contributed by atoms with Crippen LogP contribution in [0, 0.1) is 0 Å². The van der Waals surface area contributed by atoms with Gasteiger partial charge in [-0.2, -0.15) is 9.97 Å². The fourth-order valence-corrected chi connectivity index (χ4v) is 7.95. The molecule has 1 saturated heterocycles. The molecule has 1 aliphatic rings. The molecule has 6 atom stereocenters. The number of nitrogens with two attached hydrogens (primary N) is 1. The number of unbranched alkanes of at least 4 members (excludes halogenated alkanes) is 20. The van der Waals surface area contributed by atoms with Crippen molar-refractivity contribution in [2.75, 3.05) is 25.6 Å². The number of hydrogen-bond donors (Lipinski definition) is 2. The Balaban J connectivity index is 0.0000124. The van der Waals surface area contributed by atoms with Gasteiger partial charge in [-0.1, -0.05) is 142 Å². The summed E-state index contributed by atoms with van der Waals surface area (Å²) in [5.74, 6) is -1.10. The zero-order chi connectivity index (χ0) is 42.9. The summed E-state index contributed by atoms with van der Waals surface area (Å²) in [5, 5.41) is 10.3. The minimum Gasteiger partial charge on any atom is -0.756 e. The van der Waals surface area contributed by atoms with Gasteiger partial charge in [-0.25, -0.2) is 9.37 Å². The summed E-state index contributed by atoms with van der Waals surface area (Å²) in [6.07, 6.45) is 18.3. The average molecular weight is 900 g/mol. The first kappa shape index (κ1) is 54.7. The Kier molecular flexibility index (Phi) is 28.6. The van der Waals surface area contributed by atoms with E-state index >= 15 is 4.39 Å². The first-order chi connectivity index (χ1) is 28.5. The Morgan fingerprint density at radius 3 is 1.88 bits per heavy atom. The Bertz CT molecular complexity index is 1550. The fourth-order valence-electron chi connectivity index (χ4n) is 7.02. The Hall–Kier alpha value is -1.46. The normalized spacial score (nSPS) is 19.2. The van der Waals surface area contributed by atoms with E-state index in [0.29, 0.717) is 12.8 Å². The smallest absolute Gasteiger partial charge is 0.756 e. The number of nitrogens with zero attached hydrogens (tertiary/aromatic N) is 4. The van der Waals surface area contributed by atoms with E-state index in [0.717, 1.165) is 43.1 Å². The molecule has 3 N–H and O–H groups in total. The standard InChI is InChI=1S/C41H70ClFN5O10P.Na/c1-3-5-7-9-11-13-15-17-19-21-23-25-33(49)54-27-31(57-34(50)26-24-22-20-18-16-14-12-10-8-6-4-2)28-55-59(52,53)56-29-32-37(51)35(43)40(58-32)48-30-45-36-38(44)46-41(42)47-39(36)48;/h30-32,35,37,40,51H,3-29H2,1-2H3,(H,52,53)(H2,44,46,47);/q;+1/p-1/t31-,32-,35+,37-,40-;/m1./s1. The van der Waals surface area contributed by atoms with E-state index in [1.165, 1.54) is 96.2 Å². The predicted octanol–water partition coefficient (Wildman–Crippen LogP) is 6.02. The molecule has 0 bridgehead atoms. The largest absolute Gasteiger partial charge is 1.00 e. The topological polar surface area (TPSA) is 210 Å². The number of halogens is 2. The molecule has 0 spiro atoms. The van der Waals surface area contributed by atoms with Crippen LogP contribution in [0.3, 0.4) is 0 Å². The summed E-state index contributed by atoms with van der Waals surface area (Å²) in [6.45, 7) is 2.51. The number of fused-ring (bicyclic) bond motifs is 1. The van der Waals surface area contributed by atoms with Crippen molar-refractivity contribution in [3.05, 3.63) is 11.6 Å². The van der Waals surface area contributed by atoms with Crippen LogP contribution in [0.2, 0.25) is 5.28 Å². The van der Waals surface area contributed by atoms with Gasteiger partial charge in [-0.15, -0.1) is 0 Å². The van der Waals surface area contributed by atoms with Gasteiger partial charge in [0.15, 0.2) is 30.0 Å². The number of carbonyl (C=O) groups is 2. The molecule has 0 radical (unpaired) electrons. The summed E-state index contributed by atoms with van der Waals surface area (Å²) in [5.41, 5.74) is 6.01. The molecule has 2 aromatic rings. The predicted molar refractivity (Wildman–Crippen MR) is 222 cm³/mol. The van der Waals surface area contributed by atoms with E-state index in [1.807, 2.05) is 0 Å². The number of aliphatic hydroxyl groups is 1. The van der Waals surface area contributed by atoms with Crippen LogP contribution in [-0.2, 0) is 37.4 Å². The third-order valence-corrected chi connectivity index (χ3v) is 11.6. The van der Waals surface area contributed by atoms with Gasteiger partial charge in [0, 0.05) is 12.8 Å². The van der Waals surface area contributed by atoms with Gasteiger partial charge in [0.2, 0.25) is 5.28 Å². The minimum absolute atomic E-state index is 0. The summed E-state index contributed by atoms with van der Waals surface area (Å²) < 4.78 is 55.7. The van der Waals surface area contributed by atoms with Gasteiger partial charge in [0.1, 0.15) is 24.3 Å². The first-order valence-electron chi connectivity index (χ1n) is 22.0. The van der Waals surface area contributed by atoms with Crippen molar-refractivity contribution in [2.45, 2.75) is 199 Å². The number of rotatable bonds is 34. The third-order valence-electron chi connectivity index (χ3n) is 10.5. The van der Waals surface area contributed by atoms with Crippen LogP contribution in [-0.4, -0.2) is 80.9 Å². The number of imidazole rings is 1. The zero-order valence-corrected chi connectivity index (χ0v) is 39.9. The number of ether oxygens (including phenoxy) is 3. The first-order valence-corrected chi connectivity index (χ1v) is 23.9. The molecule has 3 rings (SSSR count). The molecular weight excluding hydrogens is 831 g/mol. The third kappa shape index (κ3) is 21.3. The molecule has 2 aromatic heterocycles. The van der Waals surface area contributed by atoms with Crippen molar-refractivity contribution in [1.82, 2.24) is 19.5 Å². The quantitative estimate of drug-likeness (QED) is 0.0271. The Morgan fingerprint density at radius 2 is 1.35 bits per heavy atom. The summed E-state index contributed by atoms with van der Waals surface area (Å²) in [6, 6.07) is 0. The molecule has 0 amide bonds. The molecule has 0 aliphatic carbocycles. The van der Waals surface area contributed by atoms with Gasteiger partial charge in [0.05, 0.1) is 19.5 Å². The van der Waals surface area contributed by atoms with Crippen molar-refractivity contribution < 1.29 is 81.4 Å². The molecular formula is C41H69ClFN5NaO10P. The number of hydrogen-bond acceptors (Lipinski definition) is 14. The van der Waals surface area contributed by atoms with Crippen LogP contribution in [0.15, 0.2) is 6.33 Å². The Morgan fingerprint density at radius 1 is 0.850 bits per heavy atom. The van der Waals surface area contributed by atoms with Crippen molar-refractivity contribution in [3.63, 3.8) is 0 Å². The number of carbonyl (C=O) groups excluding carboxylic acids is 2. The maximum atomic E-state index is 15.2. The molecule has 338 valence electrons. The summed E-state index contributed by atoms with van der Waals surface area (Å²) in [4.78, 5) is 50.0. The van der Waals surface area contributed by atoms with Gasteiger partial charge in [0.25, 0.3) is 7.82 Å². The van der Waals surface area contributed by atoms with Crippen LogP contribution < -0.4 is 40.2 Å². The summed E-state index contributed by atoms with van der Waals surface area (Å²) >= 11 is 5.91. The SMILES string of the molecule is CCCCCCCCCCCCCC(=O)OC[C@H](COP(=O)([O-])OC[C@H]1O[C@@H](n2cnc3c(N)nc(Cl)nc32)[C@@H](F)[C@@H]1O)OC(=O)CCCCCCCCCCCCC.[Na+]. The van der Waals surface area contributed by atoms with Crippen molar-refractivity contribution >= 4 is 48.3 Å². The molecule has 0 saturated carbocycles. The average Bonchev–Trinajstić information content (AvgIpc) is 3.75. The van der Waals surface area contributed by atoms with E-state index in [-0.39, 0.29) is 64.7 Å².